The van der Waals surface area contributed by atoms with Gasteiger partial charge in [0, 0.05) is 17.0 Å². The van der Waals surface area contributed by atoms with Gasteiger partial charge in [-0.2, -0.15) is 0 Å². The van der Waals surface area contributed by atoms with Crippen LogP contribution in [0.1, 0.15) is 16.3 Å². The number of H-pyrrole nitrogens is 1. The highest BCUT2D eigenvalue weighted by molar-refractivity contribution is 7.99. The maximum absolute atomic E-state index is 11.9. The van der Waals surface area contributed by atoms with Crippen molar-refractivity contribution in [2.45, 2.75) is 18.5 Å². The van der Waals surface area contributed by atoms with E-state index in [0.29, 0.717) is 5.16 Å². The molecule has 7 heteroatoms. The van der Waals surface area contributed by atoms with E-state index in [9.17, 15) is 4.79 Å². The van der Waals surface area contributed by atoms with Crippen LogP contribution < -0.4 is 5.32 Å². The number of hydrogen-bond donors (Lipinski definition) is 2. The van der Waals surface area contributed by atoms with Crippen molar-refractivity contribution >= 4 is 34.7 Å². The molecule has 0 bridgehead atoms. The first-order valence-electron chi connectivity index (χ1n) is 7.12. The van der Waals surface area contributed by atoms with Crippen LogP contribution in [0.2, 0.25) is 0 Å². The summed E-state index contributed by atoms with van der Waals surface area (Å²) in [4.78, 5) is 17.6. The number of amides is 1. The fourth-order valence-electron chi connectivity index (χ4n) is 1.96. The molecular weight excluding hydrogens is 328 g/mol. The van der Waals surface area contributed by atoms with Gasteiger partial charge in [-0.25, -0.2) is 4.98 Å². The number of nitrogens with zero attached hydrogens (tertiary/aromatic N) is 2. The Labute approximate surface area is 142 Å². The minimum absolute atomic E-state index is 0.0662. The quantitative estimate of drug-likeness (QED) is 0.672. The van der Waals surface area contributed by atoms with E-state index in [1.807, 2.05) is 42.6 Å². The van der Waals surface area contributed by atoms with Gasteiger partial charge in [-0.15, -0.1) is 16.4 Å². The molecule has 0 aliphatic carbocycles. The molecular formula is C16H16N4OS2. The van der Waals surface area contributed by atoms with Crippen molar-refractivity contribution in [3.8, 4) is 0 Å². The number of benzene rings is 1. The number of rotatable bonds is 6. The largest absolute Gasteiger partial charge is 0.325 e. The second-order valence-electron chi connectivity index (χ2n) is 5.02. The molecule has 0 aliphatic heterocycles. The summed E-state index contributed by atoms with van der Waals surface area (Å²) in [5, 5.41) is 12.5. The smallest absolute Gasteiger partial charge is 0.234 e. The Hall–Kier alpha value is -2.12. The number of aryl methyl sites for hydroxylation is 1. The molecule has 2 aromatic heterocycles. The number of nitrogens with one attached hydrogen (secondary N) is 2. The third-order valence-corrected chi connectivity index (χ3v) is 4.82. The Balaban J connectivity index is 1.49. The molecule has 0 radical (unpaired) electrons. The van der Waals surface area contributed by atoms with Crippen LogP contribution >= 0.6 is 23.1 Å². The van der Waals surface area contributed by atoms with Crippen LogP contribution in [-0.4, -0.2) is 26.8 Å². The number of aromatic amines is 1. The first-order chi connectivity index (χ1) is 11.2. The van der Waals surface area contributed by atoms with Crippen molar-refractivity contribution < 1.29 is 4.79 Å². The van der Waals surface area contributed by atoms with Crippen LogP contribution in [0.4, 0.5) is 5.69 Å². The van der Waals surface area contributed by atoms with Crippen molar-refractivity contribution in [3.05, 3.63) is 58.0 Å². The number of hydrogen-bond acceptors (Lipinski definition) is 5. The highest BCUT2D eigenvalue weighted by Crippen LogP contribution is 2.17. The van der Waals surface area contributed by atoms with Gasteiger partial charge in [0.05, 0.1) is 5.75 Å². The number of thioether (sulfide) groups is 1. The molecule has 0 atom stereocenters. The van der Waals surface area contributed by atoms with E-state index in [-0.39, 0.29) is 11.7 Å². The molecule has 1 amide bonds. The molecule has 2 N–H and O–H groups in total. The average molecular weight is 344 g/mol. The first-order valence-corrected chi connectivity index (χ1v) is 8.98. The van der Waals surface area contributed by atoms with Crippen molar-refractivity contribution in [1.29, 1.82) is 0 Å². The summed E-state index contributed by atoms with van der Waals surface area (Å²) < 4.78 is 0. The van der Waals surface area contributed by atoms with E-state index in [1.165, 1.54) is 16.6 Å². The van der Waals surface area contributed by atoms with Gasteiger partial charge in [-0.3, -0.25) is 9.89 Å². The predicted molar refractivity (Wildman–Crippen MR) is 94.0 cm³/mol. The molecule has 23 heavy (non-hydrogen) atoms. The lowest BCUT2D eigenvalue weighted by Crippen LogP contribution is -2.14. The second-order valence-corrected chi connectivity index (χ2v) is 7.00. The fraction of sp³-hybridized carbons (Fsp3) is 0.188. The SMILES string of the molecule is Cc1ccc(NC(=O)CSc2n[nH]c(Cc3cccs3)n2)cc1. The molecule has 5 nitrogen and oxygen atoms in total. The van der Waals surface area contributed by atoms with E-state index in [1.54, 1.807) is 11.3 Å². The molecule has 3 aromatic rings. The third kappa shape index (κ3) is 4.67. The zero-order valence-electron chi connectivity index (χ0n) is 12.6. The maximum Gasteiger partial charge on any atom is 0.234 e. The Morgan fingerprint density at radius 1 is 1.30 bits per heavy atom. The minimum Gasteiger partial charge on any atom is -0.325 e. The number of thiophene rings is 1. The zero-order valence-corrected chi connectivity index (χ0v) is 14.2. The van der Waals surface area contributed by atoms with Crippen LogP contribution in [0.5, 0.6) is 0 Å². The van der Waals surface area contributed by atoms with E-state index in [2.05, 4.69) is 26.6 Å². The van der Waals surface area contributed by atoms with Crippen LogP contribution in [0.3, 0.4) is 0 Å². The Bertz CT molecular complexity index is 766. The van der Waals surface area contributed by atoms with E-state index >= 15 is 0 Å². The standard InChI is InChI=1S/C16H16N4OS2/c1-11-4-6-12(7-5-11)17-15(21)10-23-16-18-14(19-20-16)9-13-3-2-8-22-13/h2-8H,9-10H2,1H3,(H,17,21)(H,18,19,20). The molecule has 1 aromatic carbocycles. The molecule has 0 unspecified atom stereocenters. The van der Waals surface area contributed by atoms with Gasteiger partial charge in [0.1, 0.15) is 5.82 Å². The zero-order chi connectivity index (χ0) is 16.1. The summed E-state index contributed by atoms with van der Waals surface area (Å²) in [5.74, 6) is 1.03. The summed E-state index contributed by atoms with van der Waals surface area (Å²) in [5.41, 5.74) is 1.96. The van der Waals surface area contributed by atoms with Gasteiger partial charge in [-0.1, -0.05) is 35.5 Å². The van der Waals surface area contributed by atoms with Gasteiger partial charge in [0.25, 0.3) is 0 Å². The number of anilines is 1. The molecule has 3 rings (SSSR count). The maximum atomic E-state index is 11.9. The van der Waals surface area contributed by atoms with E-state index in [4.69, 9.17) is 0 Å². The summed E-state index contributed by atoms with van der Waals surface area (Å²) in [7, 11) is 0. The van der Waals surface area contributed by atoms with Crippen molar-refractivity contribution in [2.24, 2.45) is 0 Å². The molecule has 0 saturated heterocycles. The highest BCUT2D eigenvalue weighted by atomic mass is 32.2. The summed E-state index contributed by atoms with van der Waals surface area (Å²) in [6, 6.07) is 11.8. The Morgan fingerprint density at radius 3 is 2.87 bits per heavy atom. The van der Waals surface area contributed by atoms with Gasteiger partial charge in [0.2, 0.25) is 11.1 Å². The molecule has 0 spiro atoms. The summed E-state index contributed by atoms with van der Waals surface area (Å²) in [6.07, 6.45) is 0.737. The lowest BCUT2D eigenvalue weighted by Gasteiger charge is -2.04. The van der Waals surface area contributed by atoms with Gasteiger partial charge >= 0.3 is 0 Å². The number of aromatic nitrogens is 3. The third-order valence-electron chi connectivity index (χ3n) is 3.10. The molecule has 0 saturated carbocycles. The normalized spacial score (nSPS) is 10.7. The molecule has 118 valence electrons. The van der Waals surface area contributed by atoms with Crippen molar-refractivity contribution in [2.75, 3.05) is 11.1 Å². The minimum atomic E-state index is -0.0662. The number of carbonyl (C=O) groups excluding carboxylic acids is 1. The molecule has 2 heterocycles. The van der Waals surface area contributed by atoms with Crippen LogP contribution in [-0.2, 0) is 11.2 Å². The monoisotopic (exact) mass is 344 g/mol. The lowest BCUT2D eigenvalue weighted by atomic mass is 10.2. The lowest BCUT2D eigenvalue weighted by molar-refractivity contribution is -0.113. The summed E-state index contributed by atoms with van der Waals surface area (Å²) in [6.45, 7) is 2.01. The van der Waals surface area contributed by atoms with Crippen LogP contribution in [0.25, 0.3) is 0 Å². The first kappa shape index (κ1) is 15.8. The fourth-order valence-corrected chi connectivity index (χ4v) is 3.29. The predicted octanol–water partition coefficient (Wildman–Crippen LogP) is 3.50. The Morgan fingerprint density at radius 2 is 2.13 bits per heavy atom. The van der Waals surface area contributed by atoms with Gasteiger partial charge < -0.3 is 5.32 Å². The topological polar surface area (TPSA) is 70.7 Å². The van der Waals surface area contributed by atoms with E-state index < -0.39 is 0 Å². The molecule has 0 fully saturated rings. The Kier molecular flexibility index (Phi) is 5.09. The van der Waals surface area contributed by atoms with Crippen LogP contribution in [0.15, 0.2) is 46.9 Å². The second kappa shape index (κ2) is 7.43. The number of carbonyl (C=O) groups is 1. The van der Waals surface area contributed by atoms with Crippen LogP contribution in [0, 0.1) is 6.92 Å². The average Bonchev–Trinajstić information content (AvgIpc) is 3.20. The summed E-state index contributed by atoms with van der Waals surface area (Å²) >= 11 is 3.01. The molecule has 0 aliphatic rings. The van der Waals surface area contributed by atoms with Crippen molar-refractivity contribution in [1.82, 2.24) is 15.2 Å². The van der Waals surface area contributed by atoms with Crippen molar-refractivity contribution in [3.63, 3.8) is 0 Å². The van der Waals surface area contributed by atoms with E-state index in [0.717, 1.165) is 23.5 Å². The highest BCUT2D eigenvalue weighted by Gasteiger charge is 2.09. The van der Waals surface area contributed by atoms with Gasteiger partial charge in [-0.05, 0) is 30.5 Å². The van der Waals surface area contributed by atoms with Gasteiger partial charge in [0.15, 0.2) is 0 Å².